The number of alkyl carbamates (subject to hydrolysis) is 1. The number of carboxylic acid groups (broad SMARTS) is 1. The summed E-state index contributed by atoms with van der Waals surface area (Å²) in [6, 6.07) is 22.7. The molecule has 0 radical (unpaired) electrons. The molecule has 6 heteroatoms. The second kappa shape index (κ2) is 7.71. The van der Waals surface area contributed by atoms with Crippen molar-refractivity contribution in [3.8, 4) is 16.9 Å². The lowest BCUT2D eigenvalue weighted by Gasteiger charge is -2.46. The van der Waals surface area contributed by atoms with Gasteiger partial charge in [-0.2, -0.15) is 0 Å². The van der Waals surface area contributed by atoms with Crippen molar-refractivity contribution in [2.75, 3.05) is 6.61 Å². The van der Waals surface area contributed by atoms with Crippen LogP contribution >= 0.6 is 0 Å². The smallest absolute Gasteiger partial charge is 0.407 e. The van der Waals surface area contributed by atoms with Gasteiger partial charge >= 0.3 is 12.1 Å². The second-order valence-corrected chi connectivity index (χ2v) is 8.52. The predicted octanol–water partition coefficient (Wildman–Crippen LogP) is 4.62. The summed E-state index contributed by atoms with van der Waals surface area (Å²) < 4.78 is 5.67. The van der Waals surface area contributed by atoms with Crippen molar-refractivity contribution < 1.29 is 24.5 Å². The molecule has 0 spiro atoms. The summed E-state index contributed by atoms with van der Waals surface area (Å²) in [6.07, 6.45) is -0.0296. The number of amides is 1. The molecule has 3 aromatic carbocycles. The largest absolute Gasteiger partial charge is 0.508 e. The molecular formula is C26H23NO5. The molecule has 5 rings (SSSR count). The van der Waals surface area contributed by atoms with E-state index in [0.717, 1.165) is 27.8 Å². The number of carbonyl (C=O) groups excluding carboxylic acids is 1. The highest BCUT2D eigenvalue weighted by Crippen LogP contribution is 2.47. The number of aliphatic carboxylic acids is 1. The fraction of sp³-hybridized carbons (Fsp3) is 0.231. The number of fused-ring (bicyclic) bond motifs is 3. The zero-order chi connectivity index (χ0) is 22.3. The molecule has 6 nitrogen and oxygen atoms in total. The Kier molecular flexibility index (Phi) is 4.85. The van der Waals surface area contributed by atoms with E-state index in [0.29, 0.717) is 0 Å². The summed E-state index contributed by atoms with van der Waals surface area (Å²) in [4.78, 5) is 24.2. The molecule has 0 aromatic heterocycles. The number of phenols is 1. The number of rotatable bonds is 5. The van der Waals surface area contributed by atoms with E-state index in [9.17, 15) is 19.8 Å². The third kappa shape index (κ3) is 3.38. The van der Waals surface area contributed by atoms with E-state index in [2.05, 4.69) is 29.6 Å². The lowest BCUT2D eigenvalue weighted by molar-refractivity contribution is -0.148. The molecule has 1 fully saturated rings. The molecule has 3 aromatic rings. The molecule has 0 atom stereocenters. The van der Waals surface area contributed by atoms with E-state index in [-0.39, 0.29) is 31.1 Å². The predicted molar refractivity (Wildman–Crippen MR) is 118 cm³/mol. The van der Waals surface area contributed by atoms with Gasteiger partial charge in [0.15, 0.2) is 0 Å². The van der Waals surface area contributed by atoms with E-state index in [4.69, 9.17) is 4.74 Å². The van der Waals surface area contributed by atoms with Crippen molar-refractivity contribution in [1.29, 1.82) is 0 Å². The van der Waals surface area contributed by atoms with Crippen LogP contribution in [0.15, 0.2) is 72.8 Å². The van der Waals surface area contributed by atoms with E-state index in [1.54, 1.807) is 12.1 Å². The monoisotopic (exact) mass is 429 g/mol. The SMILES string of the molecule is O=C(NC1(c2ccc(O)cc2)CC(C(=O)O)C1)OCC1c2ccccc2-c2ccccc21. The zero-order valence-electron chi connectivity index (χ0n) is 17.3. The number of carboxylic acids is 1. The lowest BCUT2D eigenvalue weighted by atomic mass is 9.64. The fourth-order valence-electron chi connectivity index (χ4n) is 4.98. The van der Waals surface area contributed by atoms with Gasteiger partial charge in [-0.05, 0) is 52.8 Å². The minimum absolute atomic E-state index is 0.0501. The van der Waals surface area contributed by atoms with Crippen molar-refractivity contribution in [2.24, 2.45) is 5.92 Å². The third-order valence-corrected chi connectivity index (χ3v) is 6.64. The van der Waals surface area contributed by atoms with Gasteiger partial charge in [0.1, 0.15) is 12.4 Å². The first kappa shape index (κ1) is 20.1. The van der Waals surface area contributed by atoms with Crippen molar-refractivity contribution in [3.05, 3.63) is 89.5 Å². The standard InChI is InChI=1S/C26H23NO5/c28-18-11-9-17(10-12-18)26(13-16(14-26)24(29)30)27-25(31)32-15-23-21-7-3-1-5-19(21)20-6-2-4-8-22(20)23/h1-12,16,23,28H,13-15H2,(H,27,31)(H,29,30). The summed E-state index contributed by atoms with van der Waals surface area (Å²) >= 11 is 0. The quantitative estimate of drug-likeness (QED) is 0.550. The van der Waals surface area contributed by atoms with E-state index in [1.807, 2.05) is 24.3 Å². The molecule has 0 bridgehead atoms. The summed E-state index contributed by atoms with van der Waals surface area (Å²) in [6.45, 7) is 0.188. The molecule has 32 heavy (non-hydrogen) atoms. The van der Waals surface area contributed by atoms with E-state index < -0.39 is 23.5 Å². The number of hydrogen-bond acceptors (Lipinski definition) is 4. The van der Waals surface area contributed by atoms with Crippen LogP contribution in [0.4, 0.5) is 4.79 Å². The van der Waals surface area contributed by atoms with E-state index >= 15 is 0 Å². The van der Waals surface area contributed by atoms with Crippen LogP contribution in [0.25, 0.3) is 11.1 Å². The van der Waals surface area contributed by atoms with Crippen LogP contribution in [0.5, 0.6) is 5.75 Å². The number of benzene rings is 3. The molecule has 1 amide bonds. The van der Waals surface area contributed by atoms with Crippen LogP contribution in [0, 0.1) is 5.92 Å². The van der Waals surface area contributed by atoms with E-state index in [1.165, 1.54) is 12.1 Å². The summed E-state index contributed by atoms with van der Waals surface area (Å²) in [5.41, 5.74) is 4.50. The third-order valence-electron chi connectivity index (χ3n) is 6.64. The van der Waals surface area contributed by atoms with Gasteiger partial charge in [0.05, 0.1) is 11.5 Å². The van der Waals surface area contributed by atoms with Gasteiger partial charge in [-0.1, -0.05) is 60.7 Å². The Labute approximate surface area is 185 Å². The van der Waals surface area contributed by atoms with Crippen LogP contribution in [-0.2, 0) is 15.1 Å². The summed E-state index contributed by atoms with van der Waals surface area (Å²) in [5.74, 6) is -1.35. The molecule has 0 saturated heterocycles. The van der Waals surface area contributed by atoms with Gasteiger partial charge < -0.3 is 20.3 Å². The topological polar surface area (TPSA) is 95.9 Å². The molecule has 162 valence electrons. The first-order valence-corrected chi connectivity index (χ1v) is 10.6. The van der Waals surface area contributed by atoms with Gasteiger partial charge in [-0.3, -0.25) is 4.79 Å². The molecule has 0 aliphatic heterocycles. The van der Waals surface area contributed by atoms with Gasteiger partial charge in [0, 0.05) is 5.92 Å². The Balaban J connectivity index is 1.33. The van der Waals surface area contributed by atoms with Crippen LogP contribution in [-0.4, -0.2) is 28.9 Å². The summed E-state index contributed by atoms with van der Waals surface area (Å²) in [5, 5.41) is 21.9. The average molecular weight is 429 g/mol. The van der Waals surface area contributed by atoms with Gasteiger partial charge in [0.2, 0.25) is 0 Å². The number of nitrogens with one attached hydrogen (secondary N) is 1. The normalized spacial score (nSPS) is 21.2. The molecule has 0 heterocycles. The highest BCUT2D eigenvalue weighted by atomic mass is 16.5. The maximum Gasteiger partial charge on any atom is 0.407 e. The fourth-order valence-corrected chi connectivity index (χ4v) is 4.98. The number of carbonyl (C=O) groups is 2. The minimum atomic E-state index is -0.881. The van der Waals surface area contributed by atoms with Crippen LogP contribution in [0.3, 0.4) is 0 Å². The Hall–Kier alpha value is -3.80. The van der Waals surface area contributed by atoms with Crippen LogP contribution in [0.2, 0.25) is 0 Å². The zero-order valence-corrected chi connectivity index (χ0v) is 17.3. The number of hydrogen-bond donors (Lipinski definition) is 3. The maximum absolute atomic E-state index is 12.8. The number of phenolic OH excluding ortho intramolecular Hbond substituents is 1. The van der Waals surface area contributed by atoms with Crippen molar-refractivity contribution in [2.45, 2.75) is 24.3 Å². The molecule has 2 aliphatic rings. The highest BCUT2D eigenvalue weighted by Gasteiger charge is 2.50. The molecule has 2 aliphatic carbocycles. The molecule has 0 unspecified atom stereocenters. The number of ether oxygens (including phenoxy) is 1. The van der Waals surface area contributed by atoms with Crippen molar-refractivity contribution in [3.63, 3.8) is 0 Å². The van der Waals surface area contributed by atoms with Crippen LogP contribution < -0.4 is 5.32 Å². The number of aromatic hydroxyl groups is 1. The highest BCUT2D eigenvalue weighted by molar-refractivity contribution is 5.79. The Bertz CT molecular complexity index is 1140. The van der Waals surface area contributed by atoms with Gasteiger partial charge in [-0.25, -0.2) is 4.79 Å². The second-order valence-electron chi connectivity index (χ2n) is 8.52. The Morgan fingerprint density at radius 3 is 2.03 bits per heavy atom. The molecule has 3 N–H and O–H groups in total. The minimum Gasteiger partial charge on any atom is -0.508 e. The summed E-state index contributed by atoms with van der Waals surface area (Å²) in [7, 11) is 0. The molecular weight excluding hydrogens is 406 g/mol. The van der Waals surface area contributed by atoms with Crippen molar-refractivity contribution in [1.82, 2.24) is 5.32 Å². The Morgan fingerprint density at radius 1 is 0.906 bits per heavy atom. The first-order chi connectivity index (χ1) is 15.5. The maximum atomic E-state index is 12.8. The first-order valence-electron chi connectivity index (χ1n) is 10.6. The van der Waals surface area contributed by atoms with Crippen LogP contribution in [0.1, 0.15) is 35.4 Å². The van der Waals surface area contributed by atoms with Crippen molar-refractivity contribution >= 4 is 12.1 Å². The van der Waals surface area contributed by atoms with Gasteiger partial charge in [-0.15, -0.1) is 0 Å². The van der Waals surface area contributed by atoms with Gasteiger partial charge in [0.25, 0.3) is 0 Å². The lowest BCUT2D eigenvalue weighted by Crippen LogP contribution is -2.56. The molecule has 1 saturated carbocycles. The average Bonchev–Trinajstić information content (AvgIpc) is 3.09. The Morgan fingerprint density at radius 2 is 1.47 bits per heavy atom.